The van der Waals surface area contributed by atoms with E-state index >= 15 is 0 Å². The Morgan fingerprint density at radius 2 is 1.73 bits per heavy atom. The highest BCUT2D eigenvalue weighted by molar-refractivity contribution is 5.84. The molecule has 1 rings (SSSR count). The zero-order chi connectivity index (χ0) is 11.3. The molecule has 0 aromatic heterocycles. The van der Waals surface area contributed by atoms with E-state index in [9.17, 15) is 9.59 Å². The summed E-state index contributed by atoms with van der Waals surface area (Å²) in [5, 5.41) is 0. The van der Waals surface area contributed by atoms with Crippen molar-refractivity contribution in [3.05, 3.63) is 0 Å². The predicted molar refractivity (Wildman–Crippen MR) is 60.6 cm³/mol. The maximum Gasteiger partial charge on any atom is 0.133 e. The molecule has 0 heterocycles. The third-order valence-corrected chi connectivity index (χ3v) is 3.71. The lowest BCUT2D eigenvalue weighted by Gasteiger charge is -2.28. The molecule has 15 heavy (non-hydrogen) atoms. The molecule has 0 spiro atoms. The van der Waals surface area contributed by atoms with Crippen LogP contribution in [0.4, 0.5) is 0 Å². The van der Waals surface area contributed by atoms with Gasteiger partial charge >= 0.3 is 0 Å². The fourth-order valence-corrected chi connectivity index (χ4v) is 2.54. The fourth-order valence-electron chi connectivity index (χ4n) is 2.54. The highest BCUT2D eigenvalue weighted by atomic mass is 16.1. The lowest BCUT2D eigenvalue weighted by molar-refractivity contribution is -0.130. The SMILES string of the molecule is CC(C)CCC(C=O)(C=O)C1CCCC1. The molecule has 0 saturated heterocycles. The molecule has 0 radical (unpaired) electrons. The van der Waals surface area contributed by atoms with Crippen molar-refractivity contribution in [3.8, 4) is 0 Å². The van der Waals surface area contributed by atoms with Crippen LogP contribution in [0, 0.1) is 17.3 Å². The molecule has 0 aliphatic heterocycles. The Morgan fingerprint density at radius 1 is 1.20 bits per heavy atom. The van der Waals surface area contributed by atoms with Gasteiger partial charge in [0, 0.05) is 0 Å². The molecule has 1 fully saturated rings. The lowest BCUT2D eigenvalue weighted by atomic mass is 9.72. The maximum atomic E-state index is 11.2. The average molecular weight is 210 g/mol. The van der Waals surface area contributed by atoms with Crippen LogP contribution in [-0.2, 0) is 9.59 Å². The molecule has 0 unspecified atom stereocenters. The molecule has 1 aliphatic rings. The van der Waals surface area contributed by atoms with Crippen molar-refractivity contribution in [3.63, 3.8) is 0 Å². The summed E-state index contributed by atoms with van der Waals surface area (Å²) in [7, 11) is 0. The van der Waals surface area contributed by atoms with Crippen molar-refractivity contribution in [2.45, 2.75) is 52.4 Å². The summed E-state index contributed by atoms with van der Waals surface area (Å²) in [6.45, 7) is 4.27. The summed E-state index contributed by atoms with van der Waals surface area (Å²) in [5.74, 6) is 0.872. The van der Waals surface area contributed by atoms with E-state index in [1.54, 1.807) is 0 Å². The smallest absolute Gasteiger partial charge is 0.133 e. The Labute approximate surface area is 92.4 Å². The number of carbonyl (C=O) groups excluding carboxylic acids is 2. The first kappa shape index (κ1) is 12.4. The van der Waals surface area contributed by atoms with Crippen molar-refractivity contribution in [2.75, 3.05) is 0 Å². The molecule has 1 aliphatic carbocycles. The van der Waals surface area contributed by atoms with E-state index in [2.05, 4.69) is 13.8 Å². The molecule has 0 aromatic rings. The van der Waals surface area contributed by atoms with Gasteiger partial charge in [0.1, 0.15) is 12.6 Å². The largest absolute Gasteiger partial charge is 0.302 e. The quantitative estimate of drug-likeness (QED) is 0.499. The third-order valence-electron chi connectivity index (χ3n) is 3.71. The molecule has 0 amide bonds. The van der Waals surface area contributed by atoms with E-state index in [0.717, 1.165) is 38.3 Å². The van der Waals surface area contributed by atoms with Gasteiger partial charge in [0.2, 0.25) is 0 Å². The average Bonchev–Trinajstić information content (AvgIpc) is 2.74. The lowest BCUT2D eigenvalue weighted by Crippen LogP contribution is -2.33. The van der Waals surface area contributed by atoms with Gasteiger partial charge < -0.3 is 9.59 Å². The molecule has 0 atom stereocenters. The van der Waals surface area contributed by atoms with Crippen molar-refractivity contribution >= 4 is 12.6 Å². The molecule has 86 valence electrons. The summed E-state index contributed by atoms with van der Waals surface area (Å²) in [4.78, 5) is 22.5. The highest BCUT2D eigenvalue weighted by Crippen LogP contribution is 2.41. The van der Waals surface area contributed by atoms with Crippen LogP contribution in [0.15, 0.2) is 0 Å². The van der Waals surface area contributed by atoms with Gasteiger partial charge in [0.05, 0.1) is 5.41 Å². The molecular formula is C13H22O2. The Morgan fingerprint density at radius 3 is 2.13 bits per heavy atom. The molecule has 0 bridgehead atoms. The molecule has 0 N–H and O–H groups in total. The van der Waals surface area contributed by atoms with Gasteiger partial charge in [0.15, 0.2) is 0 Å². The zero-order valence-corrected chi connectivity index (χ0v) is 9.87. The molecule has 2 nitrogen and oxygen atoms in total. The standard InChI is InChI=1S/C13H22O2/c1-11(2)7-8-13(9-14,10-15)12-5-3-4-6-12/h9-12H,3-8H2,1-2H3. The van der Waals surface area contributed by atoms with E-state index in [4.69, 9.17) is 0 Å². The van der Waals surface area contributed by atoms with Gasteiger partial charge in [-0.25, -0.2) is 0 Å². The first-order valence-corrected chi connectivity index (χ1v) is 6.07. The van der Waals surface area contributed by atoms with Crippen LogP contribution in [0.1, 0.15) is 52.4 Å². The number of aldehydes is 2. The van der Waals surface area contributed by atoms with Crippen molar-refractivity contribution in [1.29, 1.82) is 0 Å². The number of carbonyl (C=O) groups is 2. The summed E-state index contributed by atoms with van der Waals surface area (Å²) in [6, 6.07) is 0. The maximum absolute atomic E-state index is 11.2. The molecular weight excluding hydrogens is 188 g/mol. The summed E-state index contributed by atoms with van der Waals surface area (Å²) < 4.78 is 0. The minimum atomic E-state index is -0.666. The first-order chi connectivity index (χ1) is 7.14. The first-order valence-electron chi connectivity index (χ1n) is 6.07. The van der Waals surface area contributed by atoms with E-state index in [0.29, 0.717) is 11.8 Å². The van der Waals surface area contributed by atoms with Gasteiger partial charge in [-0.3, -0.25) is 0 Å². The number of hydrogen-bond acceptors (Lipinski definition) is 2. The normalized spacial score (nSPS) is 18.3. The van der Waals surface area contributed by atoms with E-state index in [-0.39, 0.29) is 0 Å². The second-order valence-corrected chi connectivity index (χ2v) is 5.26. The Bertz CT molecular complexity index is 207. The van der Waals surface area contributed by atoms with Crippen molar-refractivity contribution in [1.82, 2.24) is 0 Å². The monoisotopic (exact) mass is 210 g/mol. The van der Waals surface area contributed by atoms with Crippen LogP contribution >= 0.6 is 0 Å². The van der Waals surface area contributed by atoms with Crippen LogP contribution < -0.4 is 0 Å². The Hall–Kier alpha value is -0.660. The second-order valence-electron chi connectivity index (χ2n) is 5.26. The van der Waals surface area contributed by atoms with Crippen molar-refractivity contribution in [2.24, 2.45) is 17.3 Å². The van der Waals surface area contributed by atoms with Crippen LogP contribution in [-0.4, -0.2) is 12.6 Å². The Kier molecular flexibility index (Phi) is 4.49. The minimum absolute atomic E-state index is 0.311. The zero-order valence-electron chi connectivity index (χ0n) is 9.87. The van der Waals surface area contributed by atoms with Gasteiger partial charge in [-0.05, 0) is 37.5 Å². The van der Waals surface area contributed by atoms with Crippen LogP contribution in [0.5, 0.6) is 0 Å². The van der Waals surface area contributed by atoms with Gasteiger partial charge in [-0.15, -0.1) is 0 Å². The van der Waals surface area contributed by atoms with Crippen LogP contribution in [0.25, 0.3) is 0 Å². The third kappa shape index (κ3) is 2.90. The Balaban J connectivity index is 2.67. The topological polar surface area (TPSA) is 34.1 Å². The second kappa shape index (κ2) is 5.43. The van der Waals surface area contributed by atoms with Gasteiger partial charge in [0.25, 0.3) is 0 Å². The fraction of sp³-hybridized carbons (Fsp3) is 0.846. The van der Waals surface area contributed by atoms with E-state index < -0.39 is 5.41 Å². The van der Waals surface area contributed by atoms with Gasteiger partial charge in [-0.1, -0.05) is 26.7 Å². The summed E-state index contributed by atoms with van der Waals surface area (Å²) >= 11 is 0. The number of rotatable bonds is 6. The molecule has 0 aromatic carbocycles. The molecule has 1 saturated carbocycles. The number of hydrogen-bond donors (Lipinski definition) is 0. The summed E-state index contributed by atoms with van der Waals surface area (Å²) in [5.41, 5.74) is -0.666. The van der Waals surface area contributed by atoms with E-state index in [1.807, 2.05) is 0 Å². The predicted octanol–water partition coefficient (Wildman–Crippen LogP) is 3.00. The highest BCUT2D eigenvalue weighted by Gasteiger charge is 2.39. The van der Waals surface area contributed by atoms with Crippen LogP contribution in [0.2, 0.25) is 0 Å². The minimum Gasteiger partial charge on any atom is -0.302 e. The van der Waals surface area contributed by atoms with E-state index in [1.165, 1.54) is 12.8 Å². The molecule has 2 heteroatoms. The van der Waals surface area contributed by atoms with Crippen molar-refractivity contribution < 1.29 is 9.59 Å². The summed E-state index contributed by atoms with van der Waals surface area (Å²) in [6.07, 6.45) is 7.99. The van der Waals surface area contributed by atoms with Crippen LogP contribution in [0.3, 0.4) is 0 Å². The van der Waals surface area contributed by atoms with Gasteiger partial charge in [-0.2, -0.15) is 0 Å².